The Morgan fingerprint density at radius 1 is 0.923 bits per heavy atom. The zero-order valence-electron chi connectivity index (χ0n) is 6.59. The molecule has 0 saturated heterocycles. The van der Waals surface area contributed by atoms with Crippen molar-refractivity contribution in [2.24, 2.45) is 0 Å². The average molecular weight is 302 g/mol. The van der Waals surface area contributed by atoms with Gasteiger partial charge in [0.2, 0.25) is 0 Å². The fourth-order valence-electron chi connectivity index (χ4n) is 1.27. The van der Waals surface area contributed by atoms with Crippen LogP contribution in [0.5, 0.6) is 5.75 Å². The zero-order valence-corrected chi connectivity index (χ0v) is 9.76. The van der Waals surface area contributed by atoms with Gasteiger partial charge in [-0.1, -0.05) is 28.1 Å². The normalized spacial score (nSPS) is 10.6. The van der Waals surface area contributed by atoms with Gasteiger partial charge in [-0.25, -0.2) is 0 Å². The average Bonchev–Trinajstić information content (AvgIpc) is 2.12. The standard InChI is InChI=1S/C10H6Br2O/c11-8-3-1-2-7-6(8)4-5-9(13)10(7)12/h1-5,13H. The second-order valence-electron chi connectivity index (χ2n) is 2.73. The summed E-state index contributed by atoms with van der Waals surface area (Å²) in [5.74, 6) is 0.269. The molecule has 13 heavy (non-hydrogen) atoms. The third kappa shape index (κ3) is 1.46. The minimum absolute atomic E-state index is 0.269. The lowest BCUT2D eigenvalue weighted by Crippen LogP contribution is -1.76. The number of hydrogen-bond acceptors (Lipinski definition) is 1. The Balaban J connectivity index is 2.94. The van der Waals surface area contributed by atoms with Crippen molar-refractivity contribution in [2.75, 3.05) is 0 Å². The summed E-state index contributed by atoms with van der Waals surface area (Å²) in [6.07, 6.45) is 0. The first kappa shape index (κ1) is 9.03. The topological polar surface area (TPSA) is 20.2 Å². The Morgan fingerprint density at radius 2 is 1.69 bits per heavy atom. The van der Waals surface area contributed by atoms with Crippen LogP contribution in [0.4, 0.5) is 0 Å². The molecule has 2 aromatic rings. The van der Waals surface area contributed by atoms with E-state index < -0.39 is 0 Å². The lowest BCUT2D eigenvalue weighted by atomic mass is 10.1. The molecule has 0 aliphatic rings. The van der Waals surface area contributed by atoms with Gasteiger partial charge in [0.15, 0.2) is 0 Å². The first-order chi connectivity index (χ1) is 6.20. The number of benzene rings is 2. The molecule has 0 spiro atoms. The Morgan fingerprint density at radius 3 is 2.46 bits per heavy atom. The maximum Gasteiger partial charge on any atom is 0.130 e. The number of rotatable bonds is 0. The molecule has 0 radical (unpaired) electrons. The van der Waals surface area contributed by atoms with Crippen molar-refractivity contribution in [3.63, 3.8) is 0 Å². The van der Waals surface area contributed by atoms with E-state index in [2.05, 4.69) is 31.9 Å². The molecule has 0 aliphatic carbocycles. The van der Waals surface area contributed by atoms with Gasteiger partial charge < -0.3 is 5.11 Å². The molecule has 0 atom stereocenters. The fraction of sp³-hybridized carbons (Fsp3) is 0. The van der Waals surface area contributed by atoms with Gasteiger partial charge in [-0.2, -0.15) is 0 Å². The van der Waals surface area contributed by atoms with Crippen LogP contribution in [0, 0.1) is 0 Å². The van der Waals surface area contributed by atoms with Gasteiger partial charge in [0.05, 0.1) is 4.47 Å². The monoisotopic (exact) mass is 300 g/mol. The van der Waals surface area contributed by atoms with E-state index in [1.807, 2.05) is 24.3 Å². The summed E-state index contributed by atoms with van der Waals surface area (Å²) in [6.45, 7) is 0. The minimum atomic E-state index is 0.269. The van der Waals surface area contributed by atoms with Crippen LogP contribution in [0.25, 0.3) is 10.8 Å². The van der Waals surface area contributed by atoms with E-state index in [0.717, 1.165) is 19.7 Å². The fourth-order valence-corrected chi connectivity index (χ4v) is 2.25. The highest BCUT2D eigenvalue weighted by Gasteiger charge is 2.04. The molecule has 1 N–H and O–H groups in total. The van der Waals surface area contributed by atoms with Crippen LogP contribution in [-0.4, -0.2) is 5.11 Å². The third-order valence-corrected chi connectivity index (χ3v) is 3.45. The predicted molar refractivity (Wildman–Crippen MR) is 61.0 cm³/mol. The van der Waals surface area contributed by atoms with Crippen molar-refractivity contribution in [3.05, 3.63) is 39.3 Å². The van der Waals surface area contributed by atoms with Gasteiger partial charge in [-0.15, -0.1) is 0 Å². The number of aromatic hydroxyl groups is 1. The number of halogens is 2. The molecule has 2 rings (SSSR count). The van der Waals surface area contributed by atoms with Crippen molar-refractivity contribution in [1.29, 1.82) is 0 Å². The second kappa shape index (κ2) is 3.31. The molecule has 0 heterocycles. The summed E-state index contributed by atoms with van der Waals surface area (Å²) in [5.41, 5.74) is 0. The number of fused-ring (bicyclic) bond motifs is 1. The number of phenols is 1. The van der Waals surface area contributed by atoms with Crippen LogP contribution in [0.15, 0.2) is 39.3 Å². The van der Waals surface area contributed by atoms with E-state index >= 15 is 0 Å². The largest absolute Gasteiger partial charge is 0.507 e. The maximum absolute atomic E-state index is 9.45. The molecule has 0 aliphatic heterocycles. The molecule has 3 heteroatoms. The van der Waals surface area contributed by atoms with Crippen molar-refractivity contribution in [1.82, 2.24) is 0 Å². The number of hydrogen-bond donors (Lipinski definition) is 1. The van der Waals surface area contributed by atoms with E-state index in [1.54, 1.807) is 6.07 Å². The van der Waals surface area contributed by atoms with Crippen LogP contribution in [0.1, 0.15) is 0 Å². The van der Waals surface area contributed by atoms with E-state index in [0.29, 0.717) is 0 Å². The first-order valence-corrected chi connectivity index (χ1v) is 5.34. The molecule has 0 fully saturated rings. The van der Waals surface area contributed by atoms with E-state index in [9.17, 15) is 5.11 Å². The highest BCUT2D eigenvalue weighted by atomic mass is 79.9. The molecule has 0 bridgehead atoms. The number of phenolic OH excluding ortho intramolecular Hbond substituents is 1. The molecule has 0 unspecified atom stereocenters. The third-order valence-electron chi connectivity index (χ3n) is 1.92. The van der Waals surface area contributed by atoms with E-state index in [-0.39, 0.29) is 5.75 Å². The van der Waals surface area contributed by atoms with Crippen LogP contribution >= 0.6 is 31.9 Å². The highest BCUT2D eigenvalue weighted by Crippen LogP contribution is 2.35. The smallest absolute Gasteiger partial charge is 0.130 e. The minimum Gasteiger partial charge on any atom is -0.507 e. The second-order valence-corrected chi connectivity index (χ2v) is 4.38. The quantitative estimate of drug-likeness (QED) is 0.778. The highest BCUT2D eigenvalue weighted by molar-refractivity contribution is 9.11. The molecular weight excluding hydrogens is 296 g/mol. The van der Waals surface area contributed by atoms with Crippen molar-refractivity contribution in [3.8, 4) is 5.75 Å². The Labute approximate surface area is 92.6 Å². The summed E-state index contributed by atoms with van der Waals surface area (Å²) < 4.78 is 1.78. The molecule has 2 aromatic carbocycles. The summed E-state index contributed by atoms with van der Waals surface area (Å²) in [4.78, 5) is 0. The van der Waals surface area contributed by atoms with E-state index in [1.165, 1.54) is 0 Å². The van der Waals surface area contributed by atoms with Gasteiger partial charge in [-0.05, 0) is 39.5 Å². The Bertz CT molecular complexity index is 466. The van der Waals surface area contributed by atoms with Gasteiger partial charge in [-0.3, -0.25) is 0 Å². The van der Waals surface area contributed by atoms with Crippen molar-refractivity contribution < 1.29 is 5.11 Å². The molecular formula is C10H6Br2O. The van der Waals surface area contributed by atoms with Gasteiger partial charge in [0.25, 0.3) is 0 Å². The summed E-state index contributed by atoms with van der Waals surface area (Å²) in [5, 5.41) is 11.5. The van der Waals surface area contributed by atoms with Crippen molar-refractivity contribution >= 4 is 42.6 Å². The molecule has 1 nitrogen and oxygen atoms in total. The zero-order chi connectivity index (χ0) is 9.42. The lowest BCUT2D eigenvalue weighted by Gasteiger charge is -2.04. The summed E-state index contributed by atoms with van der Waals surface area (Å²) >= 11 is 6.80. The summed E-state index contributed by atoms with van der Waals surface area (Å²) in [7, 11) is 0. The van der Waals surface area contributed by atoms with Crippen LogP contribution in [0.2, 0.25) is 0 Å². The molecule has 0 amide bonds. The van der Waals surface area contributed by atoms with E-state index in [4.69, 9.17) is 0 Å². The Kier molecular flexibility index (Phi) is 2.30. The Hall–Kier alpha value is -0.540. The van der Waals surface area contributed by atoms with Gasteiger partial charge >= 0.3 is 0 Å². The maximum atomic E-state index is 9.45. The summed E-state index contributed by atoms with van der Waals surface area (Å²) in [6, 6.07) is 9.45. The van der Waals surface area contributed by atoms with Crippen molar-refractivity contribution in [2.45, 2.75) is 0 Å². The molecule has 0 aromatic heterocycles. The molecule has 0 saturated carbocycles. The van der Waals surface area contributed by atoms with Crippen LogP contribution in [0.3, 0.4) is 0 Å². The van der Waals surface area contributed by atoms with Crippen LogP contribution < -0.4 is 0 Å². The predicted octanol–water partition coefficient (Wildman–Crippen LogP) is 4.07. The SMILES string of the molecule is Oc1ccc2c(Br)cccc2c1Br. The lowest BCUT2D eigenvalue weighted by molar-refractivity contribution is 0.473. The van der Waals surface area contributed by atoms with Gasteiger partial charge in [0.1, 0.15) is 5.75 Å². The molecule has 66 valence electrons. The van der Waals surface area contributed by atoms with Crippen LogP contribution in [-0.2, 0) is 0 Å². The first-order valence-electron chi connectivity index (χ1n) is 3.76. The van der Waals surface area contributed by atoms with Gasteiger partial charge in [0, 0.05) is 9.86 Å².